The molecule has 0 bridgehead atoms. The molecule has 0 aliphatic rings. The van der Waals surface area contributed by atoms with Crippen molar-refractivity contribution in [1.82, 2.24) is 10.3 Å². The third kappa shape index (κ3) is 3.11. The molecule has 2 aromatic rings. The number of thiophene rings is 1. The van der Waals surface area contributed by atoms with E-state index < -0.39 is 0 Å². The topological polar surface area (TPSA) is 68.0 Å². The second-order valence-electron chi connectivity index (χ2n) is 4.66. The van der Waals surface area contributed by atoms with E-state index in [2.05, 4.69) is 23.3 Å². The van der Waals surface area contributed by atoms with E-state index in [0.29, 0.717) is 11.3 Å². The monoisotopic (exact) mass is 309 g/mol. The van der Waals surface area contributed by atoms with Crippen molar-refractivity contribution in [2.24, 2.45) is 0 Å². The van der Waals surface area contributed by atoms with Crippen LogP contribution in [0.4, 0.5) is 5.69 Å². The van der Waals surface area contributed by atoms with E-state index in [1.807, 2.05) is 13.8 Å². The number of carbonyl (C=O) groups excluding carboxylic acids is 1. The Morgan fingerprint density at radius 1 is 1.45 bits per heavy atom. The fourth-order valence-electron chi connectivity index (χ4n) is 2.07. The van der Waals surface area contributed by atoms with E-state index in [1.54, 1.807) is 11.3 Å². The Hall–Kier alpha value is -1.59. The Bertz CT molecular complexity index is 654. The predicted octanol–water partition coefficient (Wildman–Crippen LogP) is 3.49. The number of hydrogen-bond donors (Lipinski definition) is 2. The lowest BCUT2D eigenvalue weighted by Gasteiger charge is -2.15. The van der Waals surface area contributed by atoms with Gasteiger partial charge >= 0.3 is 0 Å². The lowest BCUT2D eigenvalue weighted by molar-refractivity contribution is 0.0940. The van der Waals surface area contributed by atoms with Crippen LogP contribution in [-0.4, -0.2) is 10.9 Å². The largest absolute Gasteiger partial charge is 0.397 e. The molecular weight excluding hydrogens is 294 g/mol. The number of pyridine rings is 1. The van der Waals surface area contributed by atoms with Crippen LogP contribution in [0.3, 0.4) is 0 Å². The van der Waals surface area contributed by atoms with Gasteiger partial charge in [0.15, 0.2) is 0 Å². The van der Waals surface area contributed by atoms with Gasteiger partial charge in [-0.3, -0.25) is 4.79 Å². The van der Waals surface area contributed by atoms with E-state index in [4.69, 9.17) is 17.3 Å². The summed E-state index contributed by atoms with van der Waals surface area (Å²) < 4.78 is 0. The fraction of sp³-hybridized carbons (Fsp3) is 0.286. The summed E-state index contributed by atoms with van der Waals surface area (Å²) in [6.45, 7) is 6.05. The van der Waals surface area contributed by atoms with Gasteiger partial charge < -0.3 is 11.1 Å². The van der Waals surface area contributed by atoms with Crippen molar-refractivity contribution in [2.45, 2.75) is 26.8 Å². The van der Waals surface area contributed by atoms with Crippen LogP contribution in [0.1, 0.15) is 38.6 Å². The molecule has 3 N–H and O–H groups in total. The van der Waals surface area contributed by atoms with Crippen molar-refractivity contribution >= 4 is 34.5 Å². The number of aryl methyl sites for hydroxylation is 2. The van der Waals surface area contributed by atoms with Crippen molar-refractivity contribution in [2.75, 3.05) is 5.73 Å². The first-order valence-corrected chi connectivity index (χ1v) is 7.36. The Morgan fingerprint density at radius 2 is 2.15 bits per heavy atom. The Balaban J connectivity index is 2.19. The van der Waals surface area contributed by atoms with Gasteiger partial charge in [-0.1, -0.05) is 11.6 Å². The van der Waals surface area contributed by atoms with Gasteiger partial charge in [0.2, 0.25) is 0 Å². The highest BCUT2D eigenvalue weighted by Gasteiger charge is 2.17. The molecule has 0 radical (unpaired) electrons. The van der Waals surface area contributed by atoms with Crippen molar-refractivity contribution in [3.63, 3.8) is 0 Å². The number of nitrogens with one attached hydrogen (secondary N) is 1. The fourth-order valence-corrected chi connectivity index (χ4v) is 3.25. The summed E-state index contributed by atoms with van der Waals surface area (Å²) in [6, 6.07) is 3.48. The molecule has 0 aromatic carbocycles. The van der Waals surface area contributed by atoms with Gasteiger partial charge in [0, 0.05) is 9.75 Å². The quantitative estimate of drug-likeness (QED) is 0.853. The molecule has 1 atom stereocenters. The third-order valence-corrected chi connectivity index (χ3v) is 4.23. The standard InChI is InChI=1S/C14H16ClN3OS/c1-7-4-10(9(3)20-7)8(2)18-14(19)11-5-13(15)17-6-12(11)16/h4-6,8H,16H2,1-3H3,(H,18,19). The number of nitrogens with two attached hydrogens (primary N) is 1. The normalized spacial score (nSPS) is 12.2. The van der Waals surface area contributed by atoms with Gasteiger partial charge in [-0.25, -0.2) is 4.98 Å². The maximum Gasteiger partial charge on any atom is 0.254 e. The van der Waals surface area contributed by atoms with E-state index in [1.165, 1.54) is 22.0 Å². The van der Waals surface area contributed by atoms with Crippen LogP contribution in [0.15, 0.2) is 18.3 Å². The van der Waals surface area contributed by atoms with E-state index in [-0.39, 0.29) is 17.1 Å². The summed E-state index contributed by atoms with van der Waals surface area (Å²) in [5, 5.41) is 3.19. The highest BCUT2D eigenvalue weighted by atomic mass is 35.5. The number of amides is 1. The lowest BCUT2D eigenvalue weighted by Crippen LogP contribution is -2.27. The molecule has 0 saturated carbocycles. The number of nitrogens with zero attached hydrogens (tertiary/aromatic N) is 1. The molecular formula is C14H16ClN3OS. The van der Waals surface area contributed by atoms with Gasteiger partial charge in [-0.2, -0.15) is 0 Å². The summed E-state index contributed by atoms with van der Waals surface area (Å²) >= 11 is 7.52. The van der Waals surface area contributed by atoms with Crippen LogP contribution in [0.2, 0.25) is 5.15 Å². The molecule has 0 saturated heterocycles. The van der Waals surface area contributed by atoms with Crippen molar-refractivity contribution in [3.05, 3.63) is 44.4 Å². The van der Waals surface area contributed by atoms with Crippen LogP contribution < -0.4 is 11.1 Å². The number of anilines is 1. The lowest BCUT2D eigenvalue weighted by atomic mass is 10.1. The van der Waals surface area contributed by atoms with E-state index >= 15 is 0 Å². The van der Waals surface area contributed by atoms with E-state index in [0.717, 1.165) is 5.56 Å². The minimum absolute atomic E-state index is 0.0845. The van der Waals surface area contributed by atoms with Crippen LogP contribution >= 0.6 is 22.9 Å². The Labute approximate surface area is 127 Å². The summed E-state index contributed by atoms with van der Waals surface area (Å²) in [7, 11) is 0. The van der Waals surface area contributed by atoms with Gasteiger partial charge in [0.1, 0.15) is 5.15 Å². The molecule has 0 fully saturated rings. The van der Waals surface area contributed by atoms with Crippen LogP contribution in [-0.2, 0) is 0 Å². The van der Waals surface area contributed by atoms with Gasteiger partial charge in [-0.15, -0.1) is 11.3 Å². The number of nitrogen functional groups attached to an aromatic ring is 1. The van der Waals surface area contributed by atoms with Crippen LogP contribution in [0, 0.1) is 13.8 Å². The molecule has 1 amide bonds. The first kappa shape index (κ1) is 14.8. The summed E-state index contributed by atoms with van der Waals surface area (Å²) in [6.07, 6.45) is 1.39. The molecule has 2 aromatic heterocycles. The first-order chi connectivity index (χ1) is 9.38. The second-order valence-corrected chi connectivity index (χ2v) is 6.51. The van der Waals surface area contributed by atoms with Gasteiger partial charge in [0.05, 0.1) is 23.5 Å². The minimum Gasteiger partial charge on any atom is -0.397 e. The maximum absolute atomic E-state index is 12.2. The van der Waals surface area contributed by atoms with Gasteiger partial charge in [0.25, 0.3) is 5.91 Å². The zero-order valence-electron chi connectivity index (χ0n) is 11.5. The number of halogens is 1. The number of hydrogen-bond acceptors (Lipinski definition) is 4. The third-order valence-electron chi connectivity index (χ3n) is 3.04. The average molecular weight is 310 g/mol. The Kier molecular flexibility index (Phi) is 4.30. The molecule has 2 heterocycles. The summed E-state index contributed by atoms with van der Waals surface area (Å²) in [5.74, 6) is -0.248. The first-order valence-electron chi connectivity index (χ1n) is 6.17. The molecule has 106 valence electrons. The van der Waals surface area contributed by atoms with Crippen molar-refractivity contribution in [1.29, 1.82) is 0 Å². The second kappa shape index (κ2) is 5.81. The number of aromatic nitrogens is 1. The number of carbonyl (C=O) groups is 1. The highest BCUT2D eigenvalue weighted by molar-refractivity contribution is 7.12. The smallest absolute Gasteiger partial charge is 0.254 e. The average Bonchev–Trinajstić information content (AvgIpc) is 2.71. The van der Waals surface area contributed by atoms with Crippen molar-refractivity contribution < 1.29 is 4.79 Å². The van der Waals surface area contributed by atoms with Gasteiger partial charge in [-0.05, 0) is 38.5 Å². The molecule has 1 unspecified atom stereocenters. The molecule has 6 heteroatoms. The predicted molar refractivity (Wildman–Crippen MR) is 83.3 cm³/mol. The van der Waals surface area contributed by atoms with Crippen LogP contribution in [0.25, 0.3) is 0 Å². The van der Waals surface area contributed by atoms with Crippen molar-refractivity contribution in [3.8, 4) is 0 Å². The molecule has 20 heavy (non-hydrogen) atoms. The number of rotatable bonds is 3. The SMILES string of the molecule is Cc1cc(C(C)NC(=O)c2cc(Cl)ncc2N)c(C)s1. The van der Waals surface area contributed by atoms with E-state index in [9.17, 15) is 4.79 Å². The maximum atomic E-state index is 12.2. The van der Waals surface area contributed by atoms with Crippen LogP contribution in [0.5, 0.6) is 0 Å². The molecule has 2 rings (SSSR count). The zero-order valence-corrected chi connectivity index (χ0v) is 13.1. The highest BCUT2D eigenvalue weighted by Crippen LogP contribution is 2.26. The molecule has 0 spiro atoms. The molecule has 0 aliphatic carbocycles. The minimum atomic E-state index is -0.248. The Morgan fingerprint density at radius 3 is 2.75 bits per heavy atom. The molecule has 0 aliphatic heterocycles. The zero-order chi connectivity index (χ0) is 14.9. The summed E-state index contributed by atoms with van der Waals surface area (Å²) in [5.41, 5.74) is 7.55. The summed E-state index contributed by atoms with van der Waals surface area (Å²) in [4.78, 5) is 18.5. The molecule has 4 nitrogen and oxygen atoms in total.